The van der Waals surface area contributed by atoms with Gasteiger partial charge in [0.25, 0.3) is 0 Å². The maximum atomic E-state index is 12.9. The van der Waals surface area contributed by atoms with Crippen LogP contribution < -0.4 is 0 Å². The average molecular weight is 351 g/mol. The summed E-state index contributed by atoms with van der Waals surface area (Å²) < 4.78 is 5.51. The van der Waals surface area contributed by atoms with Crippen molar-refractivity contribution in [2.45, 2.75) is 86.2 Å². The zero-order valence-electron chi connectivity index (χ0n) is 17.1. The third-order valence-corrected chi connectivity index (χ3v) is 8.80. The number of aliphatic hydroxyl groups excluding tert-OH is 1. The monoisotopic (exact) mass is 350 g/mol. The van der Waals surface area contributed by atoms with Crippen LogP contribution >= 0.6 is 0 Å². The topological polar surface area (TPSA) is 46.5 Å². The second kappa shape index (κ2) is 6.25. The minimum absolute atomic E-state index is 0.0268. The van der Waals surface area contributed by atoms with E-state index in [1.807, 2.05) is 6.92 Å². The molecular weight excluding hydrogens is 312 g/mol. The SMILES string of the molecule is CCOC(=O)[C@@H]1[C@H](C)CC[C@H]2[C@@]1(C)CC[C@H]1C(C)(C)[C@@H](O)CC[C@]21C. The largest absolute Gasteiger partial charge is 0.466 e. The predicted molar refractivity (Wildman–Crippen MR) is 100.0 cm³/mol. The summed E-state index contributed by atoms with van der Waals surface area (Å²) in [5.74, 6) is 1.55. The van der Waals surface area contributed by atoms with E-state index in [-0.39, 0.29) is 34.2 Å². The van der Waals surface area contributed by atoms with Crippen LogP contribution in [0.4, 0.5) is 0 Å². The fourth-order valence-corrected chi connectivity index (χ4v) is 7.59. The molecule has 1 N–H and O–H groups in total. The van der Waals surface area contributed by atoms with Gasteiger partial charge in [-0.3, -0.25) is 4.79 Å². The summed E-state index contributed by atoms with van der Waals surface area (Å²) in [7, 11) is 0. The van der Waals surface area contributed by atoms with E-state index in [1.54, 1.807) is 0 Å². The van der Waals surface area contributed by atoms with Gasteiger partial charge in [-0.15, -0.1) is 0 Å². The Bertz CT molecular complexity index is 527. The molecular formula is C22H38O3. The van der Waals surface area contributed by atoms with Crippen LogP contribution in [0.15, 0.2) is 0 Å². The van der Waals surface area contributed by atoms with E-state index >= 15 is 0 Å². The van der Waals surface area contributed by atoms with E-state index in [2.05, 4.69) is 34.6 Å². The standard InChI is InChI=1S/C22H38O3/c1-7-25-19(24)18-14(2)8-9-16-21(5)13-11-17(23)20(3,4)15(21)10-12-22(16,18)6/h14-18,23H,7-13H2,1-6H3/t14-,15+,16-,17+,18+,21+,22-/m1/s1. The summed E-state index contributed by atoms with van der Waals surface area (Å²) >= 11 is 0. The zero-order chi connectivity index (χ0) is 18.6. The first-order chi connectivity index (χ1) is 11.6. The molecule has 0 aliphatic heterocycles. The van der Waals surface area contributed by atoms with Gasteiger partial charge in [0.15, 0.2) is 0 Å². The molecule has 0 aromatic heterocycles. The summed E-state index contributed by atoms with van der Waals surface area (Å²) in [5, 5.41) is 10.6. The normalized spacial score (nSPS) is 49.0. The summed E-state index contributed by atoms with van der Waals surface area (Å²) in [6.07, 6.45) is 6.33. The highest BCUT2D eigenvalue weighted by atomic mass is 16.5. The van der Waals surface area contributed by atoms with Gasteiger partial charge in [0.1, 0.15) is 0 Å². The summed E-state index contributed by atoms with van der Waals surface area (Å²) in [6, 6.07) is 0. The van der Waals surface area contributed by atoms with Gasteiger partial charge in [-0.2, -0.15) is 0 Å². The minimum Gasteiger partial charge on any atom is -0.466 e. The van der Waals surface area contributed by atoms with Gasteiger partial charge in [0.05, 0.1) is 18.6 Å². The van der Waals surface area contributed by atoms with Crippen molar-refractivity contribution in [2.24, 2.45) is 39.9 Å². The number of hydrogen-bond donors (Lipinski definition) is 1. The lowest BCUT2D eigenvalue weighted by molar-refractivity contribution is -0.207. The second-order valence-electron chi connectivity index (χ2n) is 10.3. The van der Waals surface area contributed by atoms with Crippen molar-refractivity contribution in [1.82, 2.24) is 0 Å². The van der Waals surface area contributed by atoms with Crippen molar-refractivity contribution in [3.05, 3.63) is 0 Å². The van der Waals surface area contributed by atoms with E-state index in [9.17, 15) is 9.90 Å². The van der Waals surface area contributed by atoms with Crippen molar-refractivity contribution < 1.29 is 14.6 Å². The van der Waals surface area contributed by atoms with Crippen molar-refractivity contribution in [3.8, 4) is 0 Å². The van der Waals surface area contributed by atoms with Crippen LogP contribution in [-0.2, 0) is 9.53 Å². The Kier molecular flexibility index (Phi) is 4.80. The molecule has 0 unspecified atom stereocenters. The van der Waals surface area contributed by atoms with E-state index in [4.69, 9.17) is 4.74 Å². The van der Waals surface area contributed by atoms with Crippen LogP contribution in [0.25, 0.3) is 0 Å². The Balaban J connectivity index is 1.98. The minimum atomic E-state index is -0.196. The van der Waals surface area contributed by atoms with Crippen LogP contribution in [0.1, 0.15) is 80.1 Å². The third kappa shape index (κ3) is 2.67. The molecule has 0 heterocycles. The highest BCUT2D eigenvalue weighted by Crippen LogP contribution is 2.69. The van der Waals surface area contributed by atoms with Crippen LogP contribution in [-0.4, -0.2) is 23.8 Å². The molecule has 0 amide bonds. The highest BCUT2D eigenvalue weighted by Gasteiger charge is 2.64. The second-order valence-corrected chi connectivity index (χ2v) is 10.3. The number of carbonyl (C=O) groups excluding carboxylic acids is 1. The molecule has 0 saturated heterocycles. The maximum Gasteiger partial charge on any atom is 0.309 e. The first-order valence-electron chi connectivity index (χ1n) is 10.4. The van der Waals surface area contributed by atoms with Gasteiger partial charge in [0.2, 0.25) is 0 Å². The van der Waals surface area contributed by atoms with E-state index in [0.717, 1.165) is 32.1 Å². The third-order valence-electron chi connectivity index (χ3n) is 8.80. The highest BCUT2D eigenvalue weighted by molar-refractivity contribution is 5.74. The molecule has 25 heavy (non-hydrogen) atoms. The molecule has 0 spiro atoms. The molecule has 3 aliphatic rings. The lowest BCUT2D eigenvalue weighted by atomic mass is 9.38. The number of esters is 1. The van der Waals surface area contributed by atoms with Crippen molar-refractivity contribution >= 4 is 5.97 Å². The van der Waals surface area contributed by atoms with Crippen LogP contribution in [0.2, 0.25) is 0 Å². The molecule has 3 fully saturated rings. The molecule has 3 aliphatic carbocycles. The van der Waals surface area contributed by atoms with Gasteiger partial charge in [-0.25, -0.2) is 0 Å². The molecule has 3 rings (SSSR count). The first-order valence-corrected chi connectivity index (χ1v) is 10.4. The lowest BCUT2D eigenvalue weighted by Gasteiger charge is -2.66. The Labute approximate surface area is 153 Å². The number of hydrogen-bond acceptors (Lipinski definition) is 3. The molecule has 0 bridgehead atoms. The molecule has 3 saturated carbocycles. The van der Waals surface area contributed by atoms with Gasteiger partial charge in [-0.05, 0) is 79.4 Å². The number of ether oxygens (including phenoxy) is 1. The Morgan fingerprint density at radius 3 is 2.28 bits per heavy atom. The van der Waals surface area contributed by atoms with Crippen molar-refractivity contribution in [3.63, 3.8) is 0 Å². The van der Waals surface area contributed by atoms with Crippen molar-refractivity contribution in [1.29, 1.82) is 0 Å². The Morgan fingerprint density at radius 1 is 1.00 bits per heavy atom. The van der Waals surface area contributed by atoms with E-state index in [1.165, 1.54) is 6.42 Å². The molecule has 7 atom stereocenters. The molecule has 0 radical (unpaired) electrons. The number of carbonyl (C=O) groups is 1. The number of fused-ring (bicyclic) bond motifs is 3. The number of rotatable bonds is 2. The average Bonchev–Trinajstić information content (AvgIpc) is 2.51. The Morgan fingerprint density at radius 2 is 1.64 bits per heavy atom. The lowest BCUT2D eigenvalue weighted by Crippen LogP contribution is -2.62. The quantitative estimate of drug-likeness (QED) is 0.727. The molecule has 0 aromatic rings. The predicted octanol–water partition coefficient (Wildman–Crippen LogP) is 4.82. The molecule has 3 nitrogen and oxygen atoms in total. The van der Waals surface area contributed by atoms with Crippen molar-refractivity contribution in [2.75, 3.05) is 6.61 Å². The molecule has 0 aromatic carbocycles. The fraction of sp³-hybridized carbons (Fsp3) is 0.955. The number of aliphatic hydroxyl groups is 1. The van der Waals surface area contributed by atoms with E-state index in [0.29, 0.717) is 24.4 Å². The smallest absolute Gasteiger partial charge is 0.309 e. The van der Waals surface area contributed by atoms with Crippen LogP contribution in [0, 0.1) is 39.9 Å². The van der Waals surface area contributed by atoms with Gasteiger partial charge in [-0.1, -0.05) is 34.6 Å². The first kappa shape index (κ1) is 19.2. The summed E-state index contributed by atoms with van der Waals surface area (Å²) in [4.78, 5) is 12.9. The maximum absolute atomic E-state index is 12.9. The fourth-order valence-electron chi connectivity index (χ4n) is 7.59. The molecule has 3 heteroatoms. The van der Waals surface area contributed by atoms with E-state index < -0.39 is 0 Å². The Hall–Kier alpha value is -0.570. The summed E-state index contributed by atoms with van der Waals surface area (Å²) in [5.41, 5.74) is 0.227. The summed E-state index contributed by atoms with van der Waals surface area (Å²) in [6.45, 7) is 14.0. The van der Waals surface area contributed by atoms with Crippen LogP contribution in [0.5, 0.6) is 0 Å². The molecule has 144 valence electrons. The van der Waals surface area contributed by atoms with Crippen LogP contribution in [0.3, 0.4) is 0 Å². The van der Waals surface area contributed by atoms with Gasteiger partial charge < -0.3 is 9.84 Å². The van der Waals surface area contributed by atoms with Gasteiger partial charge in [0, 0.05) is 0 Å². The van der Waals surface area contributed by atoms with Gasteiger partial charge >= 0.3 is 5.97 Å². The zero-order valence-corrected chi connectivity index (χ0v) is 17.1.